The molecular formula is C15H17N3OS. The van der Waals surface area contributed by atoms with Crippen LogP contribution in [0.15, 0.2) is 42.0 Å². The van der Waals surface area contributed by atoms with Crippen LogP contribution < -0.4 is 5.32 Å². The van der Waals surface area contributed by atoms with Crippen molar-refractivity contribution < 1.29 is 4.79 Å². The molecule has 1 saturated heterocycles. The van der Waals surface area contributed by atoms with Gasteiger partial charge >= 0.3 is 6.03 Å². The van der Waals surface area contributed by atoms with Crippen molar-refractivity contribution in [3.05, 3.63) is 52.5 Å². The summed E-state index contributed by atoms with van der Waals surface area (Å²) in [4.78, 5) is 19.6. The van der Waals surface area contributed by atoms with E-state index < -0.39 is 0 Å². The van der Waals surface area contributed by atoms with Crippen LogP contribution in [0.4, 0.5) is 4.79 Å². The van der Waals surface area contributed by atoms with Gasteiger partial charge in [0, 0.05) is 30.4 Å². The summed E-state index contributed by atoms with van der Waals surface area (Å²) in [5.41, 5.74) is 1.02. The van der Waals surface area contributed by atoms with Crippen molar-refractivity contribution in [3.8, 4) is 0 Å². The summed E-state index contributed by atoms with van der Waals surface area (Å²) in [6, 6.07) is 8.26. The number of urea groups is 1. The maximum Gasteiger partial charge on any atom is 0.318 e. The average molecular weight is 287 g/mol. The molecule has 0 unspecified atom stereocenters. The van der Waals surface area contributed by atoms with Crippen LogP contribution in [0.25, 0.3) is 0 Å². The lowest BCUT2D eigenvalue weighted by Gasteiger charge is -2.24. The first kappa shape index (κ1) is 13.1. The number of nitrogens with zero attached hydrogens (tertiary/aromatic N) is 2. The Morgan fingerprint density at radius 1 is 1.45 bits per heavy atom. The molecule has 0 aromatic carbocycles. The van der Waals surface area contributed by atoms with Crippen molar-refractivity contribution >= 4 is 17.4 Å². The first-order valence-corrected chi connectivity index (χ1v) is 7.69. The van der Waals surface area contributed by atoms with Crippen molar-refractivity contribution in [1.29, 1.82) is 0 Å². The number of likely N-dealkylation sites (tertiary alicyclic amines) is 1. The van der Waals surface area contributed by atoms with Gasteiger partial charge in [-0.15, -0.1) is 11.3 Å². The van der Waals surface area contributed by atoms with Crippen molar-refractivity contribution in [2.75, 3.05) is 6.54 Å². The minimum Gasteiger partial charge on any atom is -0.334 e. The van der Waals surface area contributed by atoms with Crippen LogP contribution >= 0.6 is 11.3 Å². The Labute approximate surface area is 122 Å². The van der Waals surface area contributed by atoms with E-state index in [1.54, 1.807) is 23.7 Å². The van der Waals surface area contributed by atoms with Gasteiger partial charge in [0.1, 0.15) is 0 Å². The summed E-state index contributed by atoms with van der Waals surface area (Å²) < 4.78 is 0. The SMILES string of the molecule is O=C(NCc1cccnc1)N1CCC[C@H]1c1cccs1. The van der Waals surface area contributed by atoms with Gasteiger partial charge in [-0.25, -0.2) is 4.79 Å². The number of rotatable bonds is 3. The van der Waals surface area contributed by atoms with E-state index in [4.69, 9.17) is 0 Å². The third-order valence-corrected chi connectivity index (χ3v) is 4.53. The number of thiophene rings is 1. The van der Waals surface area contributed by atoms with Crippen molar-refractivity contribution in [2.24, 2.45) is 0 Å². The molecule has 2 aromatic rings. The zero-order valence-electron chi connectivity index (χ0n) is 11.2. The first-order chi connectivity index (χ1) is 9.84. The number of hydrogen-bond acceptors (Lipinski definition) is 3. The quantitative estimate of drug-likeness (QED) is 0.942. The summed E-state index contributed by atoms with van der Waals surface area (Å²) >= 11 is 1.72. The molecule has 2 amide bonds. The van der Waals surface area contributed by atoms with Gasteiger partial charge in [0.2, 0.25) is 0 Å². The van der Waals surface area contributed by atoms with Crippen LogP contribution in [0.3, 0.4) is 0 Å². The Balaban J connectivity index is 1.62. The molecule has 0 bridgehead atoms. The van der Waals surface area contributed by atoms with E-state index in [1.807, 2.05) is 23.1 Å². The second-order valence-corrected chi connectivity index (χ2v) is 5.87. The monoisotopic (exact) mass is 287 g/mol. The van der Waals surface area contributed by atoms with Gasteiger partial charge in [0.15, 0.2) is 0 Å². The molecule has 0 saturated carbocycles. The Bertz CT molecular complexity index is 556. The normalized spacial score (nSPS) is 18.2. The second-order valence-electron chi connectivity index (χ2n) is 4.89. The van der Waals surface area contributed by atoms with E-state index in [0.717, 1.165) is 24.9 Å². The first-order valence-electron chi connectivity index (χ1n) is 6.81. The van der Waals surface area contributed by atoms with Gasteiger partial charge in [-0.1, -0.05) is 12.1 Å². The van der Waals surface area contributed by atoms with Gasteiger partial charge in [0.05, 0.1) is 6.04 Å². The van der Waals surface area contributed by atoms with Crippen LogP contribution in [0.5, 0.6) is 0 Å². The molecule has 0 spiro atoms. The summed E-state index contributed by atoms with van der Waals surface area (Å²) in [5.74, 6) is 0. The van der Waals surface area contributed by atoms with Crippen LogP contribution in [0.1, 0.15) is 29.3 Å². The minimum absolute atomic E-state index is 0.0183. The molecule has 5 heteroatoms. The molecule has 1 aliphatic rings. The average Bonchev–Trinajstić information content (AvgIpc) is 3.15. The van der Waals surface area contributed by atoms with Gasteiger partial charge in [0.25, 0.3) is 0 Å². The summed E-state index contributed by atoms with van der Waals surface area (Å²) in [6.07, 6.45) is 5.64. The molecule has 1 atom stereocenters. The number of hydrogen-bond donors (Lipinski definition) is 1. The van der Waals surface area contributed by atoms with E-state index in [-0.39, 0.29) is 12.1 Å². The highest BCUT2D eigenvalue weighted by Gasteiger charge is 2.30. The van der Waals surface area contributed by atoms with Gasteiger partial charge < -0.3 is 10.2 Å². The molecule has 0 aliphatic carbocycles. The molecule has 104 valence electrons. The number of pyridine rings is 1. The molecule has 1 N–H and O–H groups in total. The molecule has 20 heavy (non-hydrogen) atoms. The second kappa shape index (κ2) is 6.05. The number of amides is 2. The Hall–Kier alpha value is -1.88. The predicted molar refractivity (Wildman–Crippen MR) is 79.5 cm³/mol. The van der Waals surface area contributed by atoms with Gasteiger partial charge in [-0.3, -0.25) is 4.98 Å². The van der Waals surface area contributed by atoms with Crippen LogP contribution in [0.2, 0.25) is 0 Å². The van der Waals surface area contributed by atoms with Crippen molar-refractivity contribution in [1.82, 2.24) is 15.2 Å². The van der Waals surface area contributed by atoms with Crippen molar-refractivity contribution in [2.45, 2.75) is 25.4 Å². The van der Waals surface area contributed by atoms with E-state index in [9.17, 15) is 4.79 Å². The van der Waals surface area contributed by atoms with Crippen LogP contribution in [0, 0.1) is 0 Å². The number of carbonyl (C=O) groups is 1. The van der Waals surface area contributed by atoms with Crippen LogP contribution in [-0.2, 0) is 6.54 Å². The Morgan fingerprint density at radius 3 is 3.15 bits per heavy atom. The largest absolute Gasteiger partial charge is 0.334 e. The van der Waals surface area contributed by atoms with Crippen LogP contribution in [-0.4, -0.2) is 22.5 Å². The third-order valence-electron chi connectivity index (χ3n) is 3.55. The topological polar surface area (TPSA) is 45.2 Å². The molecule has 2 aromatic heterocycles. The molecule has 1 aliphatic heterocycles. The van der Waals surface area contributed by atoms with Gasteiger partial charge in [-0.05, 0) is 35.9 Å². The Kier molecular flexibility index (Phi) is 3.97. The number of aromatic nitrogens is 1. The highest BCUT2D eigenvalue weighted by atomic mass is 32.1. The number of nitrogens with one attached hydrogen (secondary N) is 1. The molecule has 1 fully saturated rings. The fourth-order valence-corrected chi connectivity index (χ4v) is 3.44. The smallest absolute Gasteiger partial charge is 0.318 e. The van der Waals surface area contributed by atoms with E-state index in [1.165, 1.54) is 4.88 Å². The standard InChI is InChI=1S/C15H17N3OS/c19-15(17-11-12-4-1-7-16-10-12)18-8-2-5-13(18)14-6-3-9-20-14/h1,3-4,6-7,9-10,13H,2,5,8,11H2,(H,17,19)/t13-/m0/s1. The van der Waals surface area contributed by atoms with E-state index in [0.29, 0.717) is 6.54 Å². The third kappa shape index (κ3) is 2.82. The lowest BCUT2D eigenvalue weighted by atomic mass is 10.2. The zero-order chi connectivity index (χ0) is 13.8. The zero-order valence-corrected chi connectivity index (χ0v) is 12.0. The summed E-state index contributed by atoms with van der Waals surface area (Å²) in [5, 5.41) is 5.05. The van der Waals surface area contributed by atoms with Crippen molar-refractivity contribution in [3.63, 3.8) is 0 Å². The molecule has 4 nitrogen and oxygen atoms in total. The molecule has 0 radical (unpaired) electrons. The maximum atomic E-state index is 12.3. The minimum atomic E-state index is 0.0183. The maximum absolute atomic E-state index is 12.3. The highest BCUT2D eigenvalue weighted by molar-refractivity contribution is 7.10. The fraction of sp³-hybridized carbons (Fsp3) is 0.333. The molecular weight excluding hydrogens is 270 g/mol. The van der Waals surface area contributed by atoms with Gasteiger partial charge in [-0.2, -0.15) is 0 Å². The lowest BCUT2D eigenvalue weighted by Crippen LogP contribution is -2.38. The van der Waals surface area contributed by atoms with E-state index >= 15 is 0 Å². The molecule has 3 rings (SSSR count). The fourth-order valence-electron chi connectivity index (χ4n) is 2.57. The Morgan fingerprint density at radius 2 is 2.40 bits per heavy atom. The predicted octanol–water partition coefficient (Wildman–Crippen LogP) is 3.19. The van der Waals surface area contributed by atoms with E-state index in [2.05, 4.69) is 21.7 Å². The molecule has 3 heterocycles. The number of carbonyl (C=O) groups excluding carboxylic acids is 1. The lowest BCUT2D eigenvalue weighted by molar-refractivity contribution is 0.193. The highest BCUT2D eigenvalue weighted by Crippen LogP contribution is 2.34. The summed E-state index contributed by atoms with van der Waals surface area (Å²) in [6.45, 7) is 1.36. The summed E-state index contributed by atoms with van der Waals surface area (Å²) in [7, 11) is 0.